The molecular weight excluding hydrogens is 436 g/mol. The summed E-state index contributed by atoms with van der Waals surface area (Å²) >= 11 is 0. The van der Waals surface area contributed by atoms with Crippen LogP contribution >= 0.6 is 0 Å². The first-order valence-corrected chi connectivity index (χ1v) is 11.1. The second kappa shape index (κ2) is 11.6. The zero-order valence-electron chi connectivity index (χ0n) is 19.9. The van der Waals surface area contributed by atoms with Gasteiger partial charge in [0.2, 0.25) is 11.8 Å². The van der Waals surface area contributed by atoms with Crippen LogP contribution in [0.5, 0.6) is 5.88 Å². The molecule has 9 nitrogen and oxygen atoms in total. The molecule has 34 heavy (non-hydrogen) atoms. The average molecular weight is 467 g/mol. The van der Waals surface area contributed by atoms with Crippen LogP contribution in [0.2, 0.25) is 0 Å². The van der Waals surface area contributed by atoms with Gasteiger partial charge in [-0.3, -0.25) is 14.6 Å². The van der Waals surface area contributed by atoms with E-state index >= 15 is 0 Å². The molecule has 1 N–H and O–H groups in total. The van der Waals surface area contributed by atoms with E-state index in [0.29, 0.717) is 18.7 Å². The van der Waals surface area contributed by atoms with Crippen LogP contribution in [0.25, 0.3) is 0 Å². The fraction of sp³-hybridized carbons (Fsp3) is 0.440. The molecule has 3 heterocycles. The first kappa shape index (κ1) is 25.1. The summed E-state index contributed by atoms with van der Waals surface area (Å²) in [7, 11) is 3.15. The van der Waals surface area contributed by atoms with Crippen molar-refractivity contribution < 1.29 is 24.2 Å². The van der Waals surface area contributed by atoms with E-state index < -0.39 is 12.1 Å². The maximum atomic E-state index is 13.4. The van der Waals surface area contributed by atoms with Gasteiger partial charge < -0.3 is 24.4 Å². The van der Waals surface area contributed by atoms with Crippen LogP contribution in [0.15, 0.2) is 36.8 Å². The molecule has 2 aromatic heterocycles. The Morgan fingerprint density at radius 3 is 2.82 bits per heavy atom. The van der Waals surface area contributed by atoms with Crippen molar-refractivity contribution in [3.8, 4) is 17.7 Å². The Morgan fingerprint density at radius 2 is 2.15 bits per heavy atom. The minimum atomic E-state index is -0.425. The molecule has 0 aliphatic carbocycles. The highest BCUT2D eigenvalue weighted by Crippen LogP contribution is 2.27. The van der Waals surface area contributed by atoms with Crippen LogP contribution in [-0.4, -0.2) is 89.3 Å². The van der Waals surface area contributed by atoms with Crippen molar-refractivity contribution in [2.45, 2.75) is 26.0 Å². The fourth-order valence-corrected chi connectivity index (χ4v) is 3.58. The summed E-state index contributed by atoms with van der Waals surface area (Å²) in [4.78, 5) is 37.3. The third-order valence-electron chi connectivity index (χ3n) is 5.68. The van der Waals surface area contributed by atoms with Crippen molar-refractivity contribution in [2.75, 3.05) is 40.5 Å². The topological polar surface area (TPSA) is 105 Å². The van der Waals surface area contributed by atoms with Gasteiger partial charge in [0, 0.05) is 56.3 Å². The largest absolute Gasteiger partial charge is 0.472 e. The van der Waals surface area contributed by atoms with Crippen LogP contribution in [-0.2, 0) is 9.53 Å². The molecule has 9 heteroatoms. The van der Waals surface area contributed by atoms with Crippen molar-refractivity contribution in [2.24, 2.45) is 5.92 Å². The van der Waals surface area contributed by atoms with Crippen molar-refractivity contribution in [3.63, 3.8) is 0 Å². The van der Waals surface area contributed by atoms with Crippen molar-refractivity contribution in [3.05, 3.63) is 53.5 Å². The lowest BCUT2D eigenvalue weighted by Gasteiger charge is -2.37. The maximum absolute atomic E-state index is 13.4. The van der Waals surface area contributed by atoms with Crippen LogP contribution in [0, 0.1) is 17.8 Å². The number of hydrogen-bond donors (Lipinski definition) is 1. The van der Waals surface area contributed by atoms with E-state index in [2.05, 4.69) is 21.8 Å². The fourth-order valence-electron chi connectivity index (χ4n) is 3.58. The Bertz CT molecular complexity index is 1070. The number of aromatic nitrogens is 2. The number of rotatable bonds is 6. The molecular formula is C25H30N4O5. The molecule has 0 spiro atoms. The molecule has 0 fully saturated rings. The molecule has 0 saturated carbocycles. The minimum Gasteiger partial charge on any atom is -0.472 e. The number of carbonyl (C=O) groups excluding carboxylic acids is 2. The number of pyridine rings is 2. The van der Waals surface area contributed by atoms with Crippen molar-refractivity contribution >= 4 is 11.8 Å². The number of aliphatic hydroxyl groups excluding tert-OH is 1. The van der Waals surface area contributed by atoms with Gasteiger partial charge in [0.15, 0.2) is 0 Å². The molecule has 1 aliphatic heterocycles. The average Bonchev–Trinajstić information content (AvgIpc) is 2.85. The standard InChI is InChI=1S/C25H30N4O5/c1-17-13-29(18(2)15-30)25(32)21-10-20(8-7-19-6-5-9-26-11-19)12-27-24(21)34-22(17)14-28(3)23(31)16-33-4/h5-6,9-12,17-18,22,30H,13-16H2,1-4H3/t17-,18-,22+/m0/s1. The van der Waals surface area contributed by atoms with Crippen LogP contribution < -0.4 is 4.74 Å². The second-order valence-corrected chi connectivity index (χ2v) is 8.40. The Hall–Kier alpha value is -3.48. The number of carbonyl (C=O) groups is 2. The van der Waals surface area contributed by atoms with E-state index in [0.717, 1.165) is 5.56 Å². The van der Waals surface area contributed by atoms with E-state index in [-0.39, 0.29) is 42.4 Å². The molecule has 0 radical (unpaired) electrons. The Kier molecular flexibility index (Phi) is 8.57. The normalized spacial score (nSPS) is 18.5. The molecule has 2 aromatic rings. The van der Waals surface area contributed by atoms with E-state index in [1.54, 1.807) is 54.5 Å². The quantitative estimate of drug-likeness (QED) is 0.638. The smallest absolute Gasteiger partial charge is 0.259 e. The molecule has 0 bridgehead atoms. The van der Waals surface area contributed by atoms with Gasteiger partial charge in [-0.05, 0) is 25.1 Å². The van der Waals surface area contributed by atoms with Gasteiger partial charge >= 0.3 is 0 Å². The lowest BCUT2D eigenvalue weighted by atomic mass is 10.00. The molecule has 0 aromatic carbocycles. The molecule has 2 amide bonds. The summed E-state index contributed by atoms with van der Waals surface area (Å²) in [6.07, 6.45) is 4.45. The Morgan fingerprint density at radius 1 is 1.38 bits per heavy atom. The Labute approximate surface area is 199 Å². The number of ether oxygens (including phenoxy) is 2. The minimum absolute atomic E-state index is 0.0302. The summed E-state index contributed by atoms with van der Waals surface area (Å²) in [5.41, 5.74) is 1.56. The van der Waals surface area contributed by atoms with Gasteiger partial charge in [-0.1, -0.05) is 18.8 Å². The number of likely N-dealkylation sites (N-methyl/N-ethyl adjacent to an activating group) is 1. The van der Waals surface area contributed by atoms with Crippen LogP contribution in [0.1, 0.15) is 35.3 Å². The molecule has 0 saturated heterocycles. The van der Waals surface area contributed by atoms with Crippen molar-refractivity contribution in [1.82, 2.24) is 19.8 Å². The highest BCUT2D eigenvalue weighted by molar-refractivity contribution is 5.97. The third-order valence-corrected chi connectivity index (χ3v) is 5.68. The summed E-state index contributed by atoms with van der Waals surface area (Å²) in [6, 6.07) is 4.88. The molecule has 0 unspecified atom stereocenters. The van der Waals surface area contributed by atoms with Gasteiger partial charge in [-0.25, -0.2) is 4.98 Å². The molecule has 180 valence electrons. The second-order valence-electron chi connectivity index (χ2n) is 8.40. The predicted octanol–water partition coefficient (Wildman–Crippen LogP) is 1.20. The summed E-state index contributed by atoms with van der Waals surface area (Å²) in [6.45, 7) is 4.17. The lowest BCUT2D eigenvalue weighted by Crippen LogP contribution is -2.50. The highest BCUT2D eigenvalue weighted by Gasteiger charge is 2.34. The summed E-state index contributed by atoms with van der Waals surface area (Å²) < 4.78 is 11.1. The number of hydrogen-bond acceptors (Lipinski definition) is 7. The monoisotopic (exact) mass is 466 g/mol. The Balaban J connectivity index is 1.96. The SMILES string of the molecule is COCC(=O)N(C)C[C@H]1Oc2ncc(C#Cc3cccnc3)cc2C(=O)N([C@@H](C)CO)C[C@@H]1C. The number of methoxy groups -OCH3 is 1. The van der Waals surface area contributed by atoms with E-state index in [1.807, 2.05) is 13.0 Å². The number of amides is 2. The maximum Gasteiger partial charge on any atom is 0.259 e. The van der Waals surface area contributed by atoms with Crippen molar-refractivity contribution in [1.29, 1.82) is 0 Å². The summed E-state index contributed by atoms with van der Waals surface area (Å²) in [5, 5.41) is 9.77. The first-order chi connectivity index (χ1) is 16.3. The van der Waals surface area contributed by atoms with Gasteiger partial charge in [-0.2, -0.15) is 0 Å². The van der Waals surface area contributed by atoms with Gasteiger partial charge in [0.25, 0.3) is 5.91 Å². The predicted molar refractivity (Wildman–Crippen MR) is 125 cm³/mol. The van der Waals surface area contributed by atoms with Gasteiger partial charge in [-0.15, -0.1) is 0 Å². The van der Waals surface area contributed by atoms with E-state index in [4.69, 9.17) is 9.47 Å². The summed E-state index contributed by atoms with van der Waals surface area (Å²) in [5.74, 6) is 5.60. The van der Waals surface area contributed by atoms with E-state index in [1.165, 1.54) is 7.11 Å². The molecule has 3 rings (SSSR count). The number of fused-ring (bicyclic) bond motifs is 1. The molecule has 1 aliphatic rings. The third kappa shape index (κ3) is 6.10. The highest BCUT2D eigenvalue weighted by atomic mass is 16.5. The zero-order chi connectivity index (χ0) is 24.7. The number of nitrogens with zero attached hydrogens (tertiary/aromatic N) is 4. The van der Waals surface area contributed by atoms with Gasteiger partial charge in [0.05, 0.1) is 19.2 Å². The molecule has 3 atom stereocenters. The van der Waals surface area contributed by atoms with Gasteiger partial charge in [0.1, 0.15) is 18.3 Å². The van der Waals surface area contributed by atoms with Crippen LogP contribution in [0.4, 0.5) is 0 Å². The van der Waals surface area contributed by atoms with Crippen LogP contribution in [0.3, 0.4) is 0 Å². The lowest BCUT2D eigenvalue weighted by molar-refractivity contribution is -0.135. The number of aliphatic hydroxyl groups is 1. The first-order valence-electron chi connectivity index (χ1n) is 11.1. The zero-order valence-corrected chi connectivity index (χ0v) is 19.9. The van der Waals surface area contributed by atoms with E-state index in [9.17, 15) is 14.7 Å².